The number of carbonyl (C=O) groups excluding carboxylic acids is 1. The largest absolute Gasteiger partial charge is 0.382 e. The Labute approximate surface area is 144 Å². The fourth-order valence-corrected chi connectivity index (χ4v) is 3.01. The molecule has 0 fully saturated rings. The van der Waals surface area contributed by atoms with E-state index in [2.05, 4.69) is 26.5 Å². The van der Waals surface area contributed by atoms with E-state index in [0.717, 1.165) is 23.2 Å². The third-order valence-electron chi connectivity index (χ3n) is 4.34. The Morgan fingerprint density at radius 2 is 2.08 bits per heavy atom. The van der Waals surface area contributed by atoms with Gasteiger partial charge in [0.2, 0.25) is 6.10 Å². The van der Waals surface area contributed by atoms with Crippen molar-refractivity contribution >= 4 is 22.5 Å². The number of amides is 1. The normalized spacial score (nSPS) is 16.5. The van der Waals surface area contributed by atoms with E-state index in [0.29, 0.717) is 13.0 Å². The van der Waals surface area contributed by atoms with Crippen LogP contribution in [0, 0.1) is 0 Å². The number of aromatic amines is 1. The number of aromatic nitrogens is 2. The topological polar surface area (TPSA) is 79.4 Å². The van der Waals surface area contributed by atoms with Crippen LogP contribution in [0.15, 0.2) is 60.1 Å². The van der Waals surface area contributed by atoms with Crippen LogP contribution in [-0.2, 0) is 16.1 Å². The molecule has 6 nitrogen and oxygen atoms in total. The summed E-state index contributed by atoms with van der Waals surface area (Å²) in [6.07, 6.45) is 6.07. The van der Waals surface area contributed by atoms with Crippen molar-refractivity contribution in [3.05, 3.63) is 66.1 Å². The Morgan fingerprint density at radius 3 is 2.96 bits per heavy atom. The van der Waals surface area contributed by atoms with E-state index in [1.54, 1.807) is 12.4 Å². The lowest BCUT2D eigenvalue weighted by atomic mass is 10.1. The molecule has 2 aromatic heterocycles. The molecule has 126 valence electrons. The van der Waals surface area contributed by atoms with E-state index in [4.69, 9.17) is 4.84 Å². The maximum Gasteiger partial charge on any atom is 0.264 e. The first-order valence-corrected chi connectivity index (χ1v) is 8.27. The third kappa shape index (κ3) is 3.24. The number of para-hydroxylation sites is 1. The van der Waals surface area contributed by atoms with Gasteiger partial charge in [-0.25, -0.2) is 0 Å². The number of pyridine rings is 1. The Bertz CT molecular complexity index is 917. The summed E-state index contributed by atoms with van der Waals surface area (Å²) in [6.45, 7) is 0.561. The van der Waals surface area contributed by atoms with Gasteiger partial charge in [0.1, 0.15) is 0 Å². The maximum absolute atomic E-state index is 12.3. The maximum atomic E-state index is 12.3. The molecule has 6 heteroatoms. The Hall–Kier alpha value is -3.15. The molecule has 0 bridgehead atoms. The monoisotopic (exact) mass is 334 g/mol. The summed E-state index contributed by atoms with van der Waals surface area (Å²) in [6, 6.07) is 11.9. The Kier molecular flexibility index (Phi) is 4.16. The summed E-state index contributed by atoms with van der Waals surface area (Å²) >= 11 is 0. The second-order valence-corrected chi connectivity index (χ2v) is 5.97. The summed E-state index contributed by atoms with van der Waals surface area (Å²) in [5, 5.41) is 8.16. The number of hydrogen-bond donors (Lipinski definition) is 2. The van der Waals surface area contributed by atoms with Crippen molar-refractivity contribution in [2.24, 2.45) is 5.16 Å². The second-order valence-electron chi connectivity index (χ2n) is 5.97. The zero-order chi connectivity index (χ0) is 17.1. The van der Waals surface area contributed by atoms with Crippen LogP contribution in [0.2, 0.25) is 0 Å². The molecule has 0 saturated heterocycles. The number of hydrogen-bond acceptors (Lipinski definition) is 4. The number of carbonyl (C=O) groups is 1. The molecule has 0 radical (unpaired) electrons. The standard InChI is InChI=1S/C19H18N4O2/c24-19(18-11-17(23-25-18)13-5-8-20-9-6-13)21-10-7-14-12-22-16-4-2-1-3-15(14)16/h1-6,8-9,12,18,22H,7,10-11H2,(H,21,24)/t18-/m0/s1. The number of H-pyrrole nitrogens is 1. The highest BCUT2D eigenvalue weighted by atomic mass is 16.6. The van der Waals surface area contributed by atoms with Crippen molar-refractivity contribution in [1.29, 1.82) is 0 Å². The van der Waals surface area contributed by atoms with Crippen molar-refractivity contribution in [3.63, 3.8) is 0 Å². The van der Waals surface area contributed by atoms with Gasteiger partial charge in [0.15, 0.2) is 0 Å². The third-order valence-corrected chi connectivity index (χ3v) is 4.34. The number of fused-ring (bicyclic) bond motifs is 1. The molecule has 0 spiro atoms. The Morgan fingerprint density at radius 1 is 1.24 bits per heavy atom. The SMILES string of the molecule is O=C(NCCc1c[nH]c2ccccc12)[C@@H]1CC(c2ccncc2)=NO1. The van der Waals surface area contributed by atoms with E-state index in [1.807, 2.05) is 36.5 Å². The van der Waals surface area contributed by atoms with Gasteiger partial charge >= 0.3 is 0 Å². The van der Waals surface area contributed by atoms with Crippen molar-refractivity contribution in [2.75, 3.05) is 6.54 Å². The molecule has 25 heavy (non-hydrogen) atoms. The first kappa shape index (κ1) is 15.4. The van der Waals surface area contributed by atoms with Gasteiger partial charge in [0, 0.05) is 48.0 Å². The summed E-state index contributed by atoms with van der Waals surface area (Å²) in [4.78, 5) is 24.8. The lowest BCUT2D eigenvalue weighted by molar-refractivity contribution is -0.131. The van der Waals surface area contributed by atoms with E-state index in [9.17, 15) is 4.79 Å². The molecule has 1 aliphatic heterocycles. The molecule has 4 rings (SSSR count). The molecule has 1 aromatic carbocycles. The van der Waals surface area contributed by atoms with Crippen molar-refractivity contribution in [1.82, 2.24) is 15.3 Å². The molecular formula is C19H18N4O2. The molecule has 1 atom stereocenters. The van der Waals surface area contributed by atoms with Gasteiger partial charge in [-0.2, -0.15) is 0 Å². The molecule has 1 aliphatic rings. The van der Waals surface area contributed by atoms with Gasteiger partial charge in [-0.05, 0) is 30.2 Å². The van der Waals surface area contributed by atoms with E-state index < -0.39 is 6.10 Å². The van der Waals surface area contributed by atoms with Crippen molar-refractivity contribution in [2.45, 2.75) is 18.9 Å². The van der Waals surface area contributed by atoms with Crippen LogP contribution < -0.4 is 5.32 Å². The number of rotatable bonds is 5. The minimum absolute atomic E-state index is 0.132. The van der Waals surface area contributed by atoms with Crippen molar-refractivity contribution in [3.8, 4) is 0 Å². The Balaban J connectivity index is 1.30. The fraction of sp³-hybridized carbons (Fsp3) is 0.211. The van der Waals surface area contributed by atoms with Gasteiger partial charge in [-0.3, -0.25) is 9.78 Å². The predicted molar refractivity (Wildman–Crippen MR) is 95.3 cm³/mol. The summed E-state index contributed by atoms with van der Waals surface area (Å²) in [7, 11) is 0. The molecule has 0 saturated carbocycles. The van der Waals surface area contributed by atoms with Gasteiger partial charge in [-0.15, -0.1) is 0 Å². The molecular weight excluding hydrogens is 316 g/mol. The lowest BCUT2D eigenvalue weighted by Gasteiger charge is -2.09. The van der Waals surface area contributed by atoms with Gasteiger partial charge in [0.25, 0.3) is 5.91 Å². The van der Waals surface area contributed by atoms with Crippen molar-refractivity contribution < 1.29 is 9.63 Å². The molecule has 0 aliphatic carbocycles. The average molecular weight is 334 g/mol. The highest BCUT2D eigenvalue weighted by Crippen LogP contribution is 2.18. The highest BCUT2D eigenvalue weighted by molar-refractivity contribution is 6.03. The predicted octanol–water partition coefficient (Wildman–Crippen LogP) is 2.41. The van der Waals surface area contributed by atoms with Crippen LogP contribution in [0.5, 0.6) is 0 Å². The van der Waals surface area contributed by atoms with Gasteiger partial charge in [-0.1, -0.05) is 23.4 Å². The fourth-order valence-electron chi connectivity index (χ4n) is 3.01. The lowest BCUT2D eigenvalue weighted by Crippen LogP contribution is -2.35. The molecule has 1 amide bonds. The van der Waals surface area contributed by atoms with Gasteiger partial charge < -0.3 is 15.1 Å². The molecule has 3 aromatic rings. The van der Waals surface area contributed by atoms with E-state index in [1.165, 1.54) is 10.9 Å². The number of oxime groups is 1. The van der Waals surface area contributed by atoms with E-state index in [-0.39, 0.29) is 5.91 Å². The van der Waals surface area contributed by atoms with Crippen LogP contribution in [0.1, 0.15) is 17.5 Å². The van der Waals surface area contributed by atoms with Crippen LogP contribution >= 0.6 is 0 Å². The molecule has 2 N–H and O–H groups in total. The quantitative estimate of drug-likeness (QED) is 0.752. The van der Waals surface area contributed by atoms with E-state index >= 15 is 0 Å². The zero-order valence-corrected chi connectivity index (χ0v) is 13.6. The number of benzene rings is 1. The first-order chi connectivity index (χ1) is 12.3. The molecule has 3 heterocycles. The number of nitrogens with zero attached hydrogens (tertiary/aromatic N) is 2. The van der Waals surface area contributed by atoms with Crippen LogP contribution in [0.4, 0.5) is 0 Å². The molecule has 0 unspecified atom stereocenters. The van der Waals surface area contributed by atoms with Crippen LogP contribution in [0.25, 0.3) is 10.9 Å². The van der Waals surface area contributed by atoms with Crippen LogP contribution in [-0.4, -0.2) is 34.2 Å². The first-order valence-electron chi connectivity index (χ1n) is 8.27. The minimum atomic E-state index is -0.564. The average Bonchev–Trinajstić information content (AvgIpc) is 3.30. The summed E-state index contributed by atoms with van der Waals surface area (Å²) < 4.78 is 0. The summed E-state index contributed by atoms with van der Waals surface area (Å²) in [5.41, 5.74) is 4.01. The number of nitrogens with one attached hydrogen (secondary N) is 2. The summed E-state index contributed by atoms with van der Waals surface area (Å²) in [5.74, 6) is -0.132. The zero-order valence-electron chi connectivity index (χ0n) is 13.6. The minimum Gasteiger partial charge on any atom is -0.382 e. The van der Waals surface area contributed by atoms with Gasteiger partial charge in [0.05, 0.1) is 5.71 Å². The smallest absolute Gasteiger partial charge is 0.264 e. The second kappa shape index (κ2) is 6.76. The highest BCUT2D eigenvalue weighted by Gasteiger charge is 2.28. The van der Waals surface area contributed by atoms with Crippen LogP contribution in [0.3, 0.4) is 0 Å².